The van der Waals surface area contributed by atoms with E-state index in [0.717, 1.165) is 25.7 Å². The van der Waals surface area contributed by atoms with Crippen molar-refractivity contribution in [2.45, 2.75) is 52.1 Å². The predicted octanol–water partition coefficient (Wildman–Crippen LogP) is 2.72. The minimum atomic E-state index is -0.0715. The van der Waals surface area contributed by atoms with Gasteiger partial charge < -0.3 is 4.74 Å². The Hall–Kier alpha value is -0.530. The van der Waals surface area contributed by atoms with Crippen LogP contribution in [0.1, 0.15) is 46.0 Å². The zero-order valence-corrected chi connectivity index (χ0v) is 8.14. The molecule has 0 heterocycles. The first kappa shape index (κ1) is 11.5. The molecule has 0 spiro atoms. The SMILES string of the molecule is [CH2]CCCCC(=O)OC(C)CC. The number of hydrogen-bond donors (Lipinski definition) is 0. The van der Waals surface area contributed by atoms with Crippen LogP contribution in [0.5, 0.6) is 0 Å². The van der Waals surface area contributed by atoms with E-state index in [4.69, 9.17) is 4.74 Å². The molecule has 0 aliphatic carbocycles. The molecule has 0 amide bonds. The summed E-state index contributed by atoms with van der Waals surface area (Å²) in [6, 6.07) is 0. The molecule has 0 bridgehead atoms. The lowest BCUT2D eigenvalue weighted by Gasteiger charge is -2.09. The maximum Gasteiger partial charge on any atom is 0.306 e. The lowest BCUT2D eigenvalue weighted by molar-refractivity contribution is -0.148. The Morgan fingerprint density at radius 2 is 2.17 bits per heavy atom. The fourth-order valence-corrected chi connectivity index (χ4v) is 0.813. The third-order valence-electron chi connectivity index (χ3n) is 1.79. The van der Waals surface area contributed by atoms with Gasteiger partial charge >= 0.3 is 5.97 Å². The minimum absolute atomic E-state index is 0.0669. The molecular weight excluding hydrogens is 152 g/mol. The molecule has 1 radical (unpaired) electrons. The van der Waals surface area contributed by atoms with Gasteiger partial charge in [0, 0.05) is 6.42 Å². The van der Waals surface area contributed by atoms with Gasteiger partial charge in [0.2, 0.25) is 0 Å². The molecule has 0 rings (SSSR count). The molecule has 0 N–H and O–H groups in total. The lowest BCUT2D eigenvalue weighted by atomic mass is 10.2. The van der Waals surface area contributed by atoms with Crippen LogP contribution >= 0.6 is 0 Å². The van der Waals surface area contributed by atoms with Gasteiger partial charge in [0.05, 0.1) is 6.10 Å². The molecule has 0 saturated carbocycles. The van der Waals surface area contributed by atoms with Gasteiger partial charge in [-0.05, 0) is 19.8 Å². The highest BCUT2D eigenvalue weighted by atomic mass is 16.5. The van der Waals surface area contributed by atoms with Crippen molar-refractivity contribution < 1.29 is 9.53 Å². The minimum Gasteiger partial charge on any atom is -0.463 e. The fraction of sp³-hybridized carbons (Fsp3) is 0.800. The molecule has 0 aromatic heterocycles. The highest BCUT2D eigenvalue weighted by molar-refractivity contribution is 5.69. The Balaban J connectivity index is 3.33. The number of rotatable bonds is 6. The molecule has 2 nitrogen and oxygen atoms in total. The summed E-state index contributed by atoms with van der Waals surface area (Å²) in [6.07, 6.45) is 4.31. The Morgan fingerprint density at radius 3 is 2.67 bits per heavy atom. The molecule has 1 unspecified atom stereocenters. The average Bonchev–Trinajstić information content (AvgIpc) is 2.05. The van der Waals surface area contributed by atoms with Gasteiger partial charge in [0.1, 0.15) is 0 Å². The normalized spacial score (nSPS) is 12.6. The molecule has 0 saturated heterocycles. The summed E-state index contributed by atoms with van der Waals surface area (Å²) in [6.45, 7) is 7.63. The van der Waals surface area contributed by atoms with Gasteiger partial charge in [0.15, 0.2) is 0 Å². The smallest absolute Gasteiger partial charge is 0.306 e. The number of carbonyl (C=O) groups excluding carboxylic acids is 1. The van der Waals surface area contributed by atoms with Crippen LogP contribution in [0.15, 0.2) is 0 Å². The molecule has 0 aliphatic rings. The lowest BCUT2D eigenvalue weighted by Crippen LogP contribution is -2.13. The van der Waals surface area contributed by atoms with E-state index in [0.29, 0.717) is 6.42 Å². The molecule has 71 valence electrons. The summed E-state index contributed by atoms with van der Waals surface area (Å²) in [4.78, 5) is 11.0. The third-order valence-corrected chi connectivity index (χ3v) is 1.79. The van der Waals surface area contributed by atoms with Gasteiger partial charge in [0.25, 0.3) is 0 Å². The highest BCUT2D eigenvalue weighted by Gasteiger charge is 2.06. The molecule has 1 atom stereocenters. The van der Waals surface area contributed by atoms with Crippen LogP contribution in [0.3, 0.4) is 0 Å². The molecule has 0 aromatic rings. The zero-order valence-electron chi connectivity index (χ0n) is 8.14. The number of carbonyl (C=O) groups is 1. The van der Waals surface area contributed by atoms with E-state index in [2.05, 4.69) is 6.92 Å². The zero-order chi connectivity index (χ0) is 9.40. The first-order valence-electron chi connectivity index (χ1n) is 4.69. The van der Waals surface area contributed by atoms with Gasteiger partial charge in [-0.2, -0.15) is 0 Å². The van der Waals surface area contributed by atoms with Crippen LogP contribution in [0.25, 0.3) is 0 Å². The molecular formula is C10H19O2. The van der Waals surface area contributed by atoms with E-state index in [1.54, 1.807) is 0 Å². The van der Waals surface area contributed by atoms with E-state index in [9.17, 15) is 4.79 Å². The number of ether oxygens (including phenoxy) is 1. The third kappa shape index (κ3) is 6.20. The largest absolute Gasteiger partial charge is 0.463 e. The van der Waals surface area contributed by atoms with Crippen LogP contribution in [0, 0.1) is 6.92 Å². The van der Waals surface area contributed by atoms with E-state index >= 15 is 0 Å². The predicted molar refractivity (Wildman–Crippen MR) is 49.7 cm³/mol. The van der Waals surface area contributed by atoms with Crippen molar-refractivity contribution >= 4 is 5.97 Å². The monoisotopic (exact) mass is 171 g/mol. The Morgan fingerprint density at radius 1 is 1.50 bits per heavy atom. The Bertz CT molecular complexity index is 121. The molecule has 2 heteroatoms. The molecule has 12 heavy (non-hydrogen) atoms. The van der Waals surface area contributed by atoms with Crippen molar-refractivity contribution in [3.8, 4) is 0 Å². The van der Waals surface area contributed by atoms with E-state index in [1.165, 1.54) is 0 Å². The Labute approximate surface area is 75.3 Å². The van der Waals surface area contributed by atoms with Crippen LogP contribution in [-0.4, -0.2) is 12.1 Å². The average molecular weight is 171 g/mol. The van der Waals surface area contributed by atoms with Crippen molar-refractivity contribution in [1.82, 2.24) is 0 Å². The maximum atomic E-state index is 11.0. The summed E-state index contributed by atoms with van der Waals surface area (Å²) in [5, 5.41) is 0. The van der Waals surface area contributed by atoms with Gasteiger partial charge in [-0.1, -0.05) is 26.7 Å². The standard InChI is InChI=1S/C10H19O2/c1-4-6-7-8-10(11)12-9(3)5-2/h9H,1,4-8H2,2-3H3. The second-order valence-electron chi connectivity index (χ2n) is 3.02. The van der Waals surface area contributed by atoms with Crippen molar-refractivity contribution in [2.75, 3.05) is 0 Å². The van der Waals surface area contributed by atoms with Gasteiger partial charge in [-0.25, -0.2) is 0 Å². The summed E-state index contributed by atoms with van der Waals surface area (Å²) >= 11 is 0. The van der Waals surface area contributed by atoms with E-state index in [-0.39, 0.29) is 12.1 Å². The molecule has 0 aliphatic heterocycles. The van der Waals surface area contributed by atoms with Crippen LogP contribution in [-0.2, 0) is 9.53 Å². The number of esters is 1. The first-order chi connectivity index (χ1) is 5.70. The summed E-state index contributed by atoms with van der Waals surface area (Å²) < 4.78 is 5.09. The molecule has 0 fully saturated rings. The number of hydrogen-bond acceptors (Lipinski definition) is 2. The van der Waals surface area contributed by atoms with Crippen molar-refractivity contribution in [1.29, 1.82) is 0 Å². The highest BCUT2D eigenvalue weighted by Crippen LogP contribution is 2.03. The van der Waals surface area contributed by atoms with Crippen LogP contribution in [0.4, 0.5) is 0 Å². The fourth-order valence-electron chi connectivity index (χ4n) is 0.813. The summed E-state index contributed by atoms with van der Waals surface area (Å²) in [7, 11) is 0. The second kappa shape index (κ2) is 7.14. The summed E-state index contributed by atoms with van der Waals surface area (Å²) in [5.74, 6) is -0.0715. The maximum absolute atomic E-state index is 11.0. The van der Waals surface area contributed by atoms with Gasteiger partial charge in [-0.3, -0.25) is 4.79 Å². The van der Waals surface area contributed by atoms with Crippen molar-refractivity contribution in [3.05, 3.63) is 6.92 Å². The summed E-state index contributed by atoms with van der Waals surface area (Å²) in [5.41, 5.74) is 0. The van der Waals surface area contributed by atoms with Crippen LogP contribution in [0.2, 0.25) is 0 Å². The van der Waals surface area contributed by atoms with Crippen LogP contribution < -0.4 is 0 Å². The van der Waals surface area contributed by atoms with E-state index < -0.39 is 0 Å². The van der Waals surface area contributed by atoms with Crippen molar-refractivity contribution in [2.24, 2.45) is 0 Å². The van der Waals surface area contributed by atoms with Gasteiger partial charge in [-0.15, -0.1) is 0 Å². The topological polar surface area (TPSA) is 26.3 Å². The first-order valence-corrected chi connectivity index (χ1v) is 4.69. The van der Waals surface area contributed by atoms with E-state index in [1.807, 2.05) is 13.8 Å². The second-order valence-corrected chi connectivity index (χ2v) is 3.02. The number of unbranched alkanes of at least 4 members (excludes halogenated alkanes) is 2. The van der Waals surface area contributed by atoms with Crippen molar-refractivity contribution in [3.63, 3.8) is 0 Å². The Kier molecular flexibility index (Phi) is 6.82. The quantitative estimate of drug-likeness (QED) is 0.453. The molecule has 0 aromatic carbocycles.